The standard InChI is InChI=1S/C12H13F4N3O2S/c13-1-2-19-5-6(3-7(14)12(19)21)18-10(20)8-4-17-11(22-8)9(15)16/h3,5,8-9,11,17H,1-2,4H2,(H,18,20). The summed E-state index contributed by atoms with van der Waals surface area (Å²) < 4.78 is 51.5. The van der Waals surface area contributed by atoms with Crippen molar-refractivity contribution >= 4 is 23.4 Å². The van der Waals surface area contributed by atoms with Gasteiger partial charge in [0.15, 0.2) is 5.82 Å². The van der Waals surface area contributed by atoms with E-state index >= 15 is 0 Å². The molecule has 22 heavy (non-hydrogen) atoms. The van der Waals surface area contributed by atoms with Crippen LogP contribution in [0.4, 0.5) is 23.2 Å². The maximum atomic E-state index is 13.4. The minimum Gasteiger partial charge on any atom is -0.324 e. The first-order chi connectivity index (χ1) is 10.4. The monoisotopic (exact) mass is 339 g/mol. The van der Waals surface area contributed by atoms with Crippen molar-refractivity contribution in [1.82, 2.24) is 9.88 Å². The van der Waals surface area contributed by atoms with E-state index in [9.17, 15) is 27.2 Å². The molecule has 2 atom stereocenters. The quantitative estimate of drug-likeness (QED) is 0.791. The molecule has 1 aliphatic rings. The number of nitrogens with zero attached hydrogens (tertiary/aromatic N) is 1. The van der Waals surface area contributed by atoms with Crippen LogP contribution in [0.25, 0.3) is 0 Å². The Labute approximate surface area is 127 Å². The van der Waals surface area contributed by atoms with E-state index in [1.54, 1.807) is 0 Å². The van der Waals surface area contributed by atoms with Gasteiger partial charge in [-0.2, -0.15) is 0 Å². The van der Waals surface area contributed by atoms with Crippen LogP contribution < -0.4 is 16.2 Å². The van der Waals surface area contributed by atoms with Gasteiger partial charge < -0.3 is 9.88 Å². The first kappa shape index (κ1) is 16.8. The highest BCUT2D eigenvalue weighted by Gasteiger charge is 2.35. The lowest BCUT2D eigenvalue weighted by Gasteiger charge is -2.12. The van der Waals surface area contributed by atoms with Crippen molar-refractivity contribution < 1.29 is 22.4 Å². The Bertz CT molecular complexity index is 611. The number of aromatic nitrogens is 1. The number of rotatable bonds is 5. The zero-order valence-electron chi connectivity index (χ0n) is 11.2. The zero-order valence-corrected chi connectivity index (χ0v) is 12.0. The molecule has 122 valence electrons. The molecular formula is C12H13F4N3O2S. The number of thioether (sulfide) groups is 1. The number of hydrogen-bond donors (Lipinski definition) is 2. The number of hydrogen-bond acceptors (Lipinski definition) is 4. The number of aryl methyl sites for hydroxylation is 1. The molecule has 0 aliphatic carbocycles. The smallest absolute Gasteiger partial charge is 0.286 e. The van der Waals surface area contributed by atoms with Gasteiger partial charge in [0, 0.05) is 18.8 Å². The Morgan fingerprint density at radius 2 is 2.27 bits per heavy atom. The summed E-state index contributed by atoms with van der Waals surface area (Å²) in [6.45, 7) is -1.15. The van der Waals surface area contributed by atoms with Crippen LogP contribution >= 0.6 is 11.8 Å². The van der Waals surface area contributed by atoms with E-state index in [-0.39, 0.29) is 18.8 Å². The summed E-state index contributed by atoms with van der Waals surface area (Å²) in [5.74, 6) is -1.72. The third-order valence-electron chi connectivity index (χ3n) is 2.97. The molecular weight excluding hydrogens is 326 g/mol. The molecule has 0 bridgehead atoms. The largest absolute Gasteiger partial charge is 0.324 e. The summed E-state index contributed by atoms with van der Waals surface area (Å²) >= 11 is 0.772. The third kappa shape index (κ3) is 3.80. The van der Waals surface area contributed by atoms with Gasteiger partial charge in [-0.1, -0.05) is 0 Å². The molecule has 0 saturated carbocycles. The Morgan fingerprint density at radius 3 is 2.86 bits per heavy atom. The fraction of sp³-hybridized carbons (Fsp3) is 0.500. The van der Waals surface area contributed by atoms with Gasteiger partial charge in [-0.3, -0.25) is 14.9 Å². The van der Waals surface area contributed by atoms with Crippen LogP contribution in [0.5, 0.6) is 0 Å². The Kier molecular flexibility index (Phi) is 5.46. The summed E-state index contributed by atoms with van der Waals surface area (Å²) in [6.07, 6.45) is -1.49. The van der Waals surface area contributed by atoms with E-state index in [0.717, 1.165) is 28.6 Å². The summed E-state index contributed by atoms with van der Waals surface area (Å²) in [7, 11) is 0. The number of pyridine rings is 1. The van der Waals surface area contributed by atoms with Crippen molar-refractivity contribution in [3.8, 4) is 0 Å². The number of carbonyl (C=O) groups is 1. The molecule has 0 radical (unpaired) electrons. The van der Waals surface area contributed by atoms with Crippen molar-refractivity contribution in [1.29, 1.82) is 0 Å². The fourth-order valence-electron chi connectivity index (χ4n) is 1.95. The van der Waals surface area contributed by atoms with E-state index in [1.165, 1.54) is 0 Å². The molecule has 2 rings (SSSR count). The van der Waals surface area contributed by atoms with Gasteiger partial charge in [0.05, 0.1) is 17.5 Å². The predicted molar refractivity (Wildman–Crippen MR) is 74.4 cm³/mol. The molecule has 5 nitrogen and oxygen atoms in total. The first-order valence-corrected chi connectivity index (χ1v) is 7.30. The van der Waals surface area contributed by atoms with E-state index in [0.29, 0.717) is 0 Å². The van der Waals surface area contributed by atoms with Crippen LogP contribution in [0.15, 0.2) is 17.1 Å². The molecule has 1 aliphatic heterocycles. The lowest BCUT2D eigenvalue weighted by atomic mass is 10.3. The van der Waals surface area contributed by atoms with Crippen molar-refractivity contribution in [2.45, 2.75) is 23.6 Å². The summed E-state index contributed by atoms with van der Waals surface area (Å²) in [4.78, 5) is 23.3. The second kappa shape index (κ2) is 7.14. The predicted octanol–water partition coefficient (Wildman–Crippen LogP) is 1.19. The topological polar surface area (TPSA) is 63.1 Å². The molecule has 1 aromatic heterocycles. The number of amides is 1. The Hall–Kier alpha value is -1.55. The Morgan fingerprint density at radius 1 is 1.55 bits per heavy atom. The van der Waals surface area contributed by atoms with E-state index < -0.39 is 41.0 Å². The van der Waals surface area contributed by atoms with Crippen LogP contribution in [0.1, 0.15) is 0 Å². The first-order valence-electron chi connectivity index (χ1n) is 6.36. The van der Waals surface area contributed by atoms with E-state index in [1.807, 2.05) is 0 Å². The van der Waals surface area contributed by atoms with Gasteiger partial charge in [0.1, 0.15) is 12.0 Å². The molecule has 1 aromatic rings. The highest BCUT2D eigenvalue weighted by Crippen LogP contribution is 2.27. The highest BCUT2D eigenvalue weighted by atomic mass is 32.2. The second-order valence-electron chi connectivity index (χ2n) is 4.54. The maximum absolute atomic E-state index is 13.4. The fourth-order valence-corrected chi connectivity index (χ4v) is 2.99. The number of nitrogens with one attached hydrogen (secondary N) is 2. The van der Waals surface area contributed by atoms with Crippen LogP contribution in [0.2, 0.25) is 0 Å². The molecule has 2 heterocycles. The van der Waals surface area contributed by atoms with Crippen molar-refractivity contribution in [2.24, 2.45) is 0 Å². The maximum Gasteiger partial charge on any atom is 0.286 e. The molecule has 1 saturated heterocycles. The molecule has 0 spiro atoms. The molecule has 2 N–H and O–H groups in total. The second-order valence-corrected chi connectivity index (χ2v) is 5.89. The van der Waals surface area contributed by atoms with Crippen molar-refractivity contribution in [3.63, 3.8) is 0 Å². The van der Waals surface area contributed by atoms with E-state index in [4.69, 9.17) is 0 Å². The van der Waals surface area contributed by atoms with Crippen LogP contribution in [-0.2, 0) is 11.3 Å². The molecule has 10 heteroatoms. The molecule has 1 amide bonds. The van der Waals surface area contributed by atoms with Gasteiger partial charge in [-0.25, -0.2) is 17.6 Å². The van der Waals surface area contributed by atoms with Crippen LogP contribution in [0, 0.1) is 5.82 Å². The van der Waals surface area contributed by atoms with Crippen molar-refractivity contribution in [3.05, 3.63) is 28.4 Å². The Balaban J connectivity index is 2.07. The minimum atomic E-state index is -2.60. The molecule has 1 fully saturated rings. The normalized spacial score (nSPS) is 21.3. The summed E-state index contributed by atoms with van der Waals surface area (Å²) in [6, 6.07) is 0.812. The minimum absolute atomic E-state index is 0.0309. The highest BCUT2D eigenvalue weighted by molar-refractivity contribution is 8.01. The average Bonchev–Trinajstić information content (AvgIpc) is 2.94. The number of halogens is 4. The van der Waals surface area contributed by atoms with Gasteiger partial charge in [0.25, 0.3) is 12.0 Å². The number of carbonyl (C=O) groups excluding carboxylic acids is 1. The summed E-state index contributed by atoms with van der Waals surface area (Å²) in [5, 5.41) is 2.95. The number of anilines is 1. The lowest BCUT2D eigenvalue weighted by Crippen LogP contribution is -2.30. The molecule has 0 aromatic carbocycles. The SMILES string of the molecule is O=C(Nc1cc(F)c(=O)n(CCF)c1)C1CNC(C(F)F)S1. The van der Waals surface area contributed by atoms with Gasteiger partial charge in [-0.15, -0.1) is 11.8 Å². The van der Waals surface area contributed by atoms with Crippen LogP contribution in [-0.4, -0.2) is 40.7 Å². The van der Waals surface area contributed by atoms with Crippen LogP contribution in [0.3, 0.4) is 0 Å². The third-order valence-corrected chi connectivity index (χ3v) is 4.35. The van der Waals surface area contributed by atoms with Gasteiger partial charge in [0.2, 0.25) is 5.91 Å². The van der Waals surface area contributed by atoms with E-state index in [2.05, 4.69) is 10.6 Å². The zero-order chi connectivity index (χ0) is 16.3. The average molecular weight is 339 g/mol. The lowest BCUT2D eigenvalue weighted by molar-refractivity contribution is -0.115. The molecule has 2 unspecified atom stereocenters. The van der Waals surface area contributed by atoms with Crippen molar-refractivity contribution in [2.75, 3.05) is 18.5 Å². The van der Waals surface area contributed by atoms with Gasteiger partial charge in [-0.05, 0) is 0 Å². The van der Waals surface area contributed by atoms with Gasteiger partial charge >= 0.3 is 0 Å². The summed E-state index contributed by atoms with van der Waals surface area (Å²) in [5.41, 5.74) is -1.03. The number of alkyl halides is 3.